The molecule has 0 aliphatic rings. The zero-order chi connectivity index (χ0) is 12.3. The summed E-state index contributed by atoms with van der Waals surface area (Å²) in [7, 11) is 0. The molecule has 16 heavy (non-hydrogen) atoms. The molecule has 0 aliphatic heterocycles. The number of hydrogen-bond donors (Lipinski definition) is 0. The van der Waals surface area contributed by atoms with Gasteiger partial charge in [0.05, 0.1) is 0 Å². The highest BCUT2D eigenvalue weighted by molar-refractivity contribution is 6.34. The van der Waals surface area contributed by atoms with Crippen LogP contribution in [0.1, 0.15) is 38.6 Å². The van der Waals surface area contributed by atoms with E-state index in [4.69, 9.17) is 27.9 Å². The number of halogens is 2. The normalized spacial score (nSPS) is 14.9. The van der Waals surface area contributed by atoms with Gasteiger partial charge in [-0.15, -0.1) is 0 Å². The first-order chi connectivity index (χ1) is 7.44. The maximum atomic E-state index is 5.99. The Labute approximate surface area is 106 Å². The number of ether oxygens (including phenoxy) is 1. The molecule has 0 aliphatic carbocycles. The summed E-state index contributed by atoms with van der Waals surface area (Å²) in [4.78, 5) is 8.48. The molecule has 1 unspecified atom stereocenters. The maximum absolute atomic E-state index is 5.99. The van der Waals surface area contributed by atoms with Crippen molar-refractivity contribution in [1.82, 2.24) is 9.97 Å². The molecule has 0 saturated carbocycles. The Kier molecular flexibility index (Phi) is 4.53. The topological polar surface area (TPSA) is 35.0 Å². The fourth-order valence-electron chi connectivity index (χ4n) is 1.34. The van der Waals surface area contributed by atoms with Crippen molar-refractivity contribution in [3.63, 3.8) is 0 Å². The number of hydrogen-bond acceptors (Lipinski definition) is 3. The Morgan fingerprint density at radius 1 is 1.19 bits per heavy atom. The van der Waals surface area contributed by atoms with E-state index in [0.29, 0.717) is 28.3 Å². The molecule has 0 saturated heterocycles. The molecule has 0 fully saturated rings. The van der Waals surface area contributed by atoms with E-state index >= 15 is 0 Å². The Balaban J connectivity index is 3.21. The van der Waals surface area contributed by atoms with Gasteiger partial charge in [-0.25, -0.2) is 9.97 Å². The third-order valence-electron chi connectivity index (χ3n) is 2.64. The van der Waals surface area contributed by atoms with Crippen LogP contribution in [-0.2, 0) is 10.3 Å². The lowest BCUT2D eigenvalue weighted by Gasteiger charge is -2.26. The van der Waals surface area contributed by atoms with Crippen LogP contribution in [0.15, 0.2) is 0 Å². The SMILES string of the molecule is CCOC(C)(CC)c1nc(Cl)c(C)c(Cl)n1. The lowest BCUT2D eigenvalue weighted by atomic mass is 10.0. The molecule has 5 heteroatoms. The highest BCUT2D eigenvalue weighted by Gasteiger charge is 2.29. The molecule has 0 aromatic carbocycles. The molecule has 0 amide bonds. The van der Waals surface area contributed by atoms with E-state index in [0.717, 1.165) is 6.42 Å². The lowest BCUT2D eigenvalue weighted by Crippen LogP contribution is -2.28. The lowest BCUT2D eigenvalue weighted by molar-refractivity contribution is -0.0390. The first kappa shape index (κ1) is 13.7. The molecule has 1 aromatic heterocycles. The molecule has 1 atom stereocenters. The largest absolute Gasteiger partial charge is 0.368 e. The average molecular weight is 263 g/mol. The van der Waals surface area contributed by atoms with Gasteiger partial charge >= 0.3 is 0 Å². The van der Waals surface area contributed by atoms with Crippen LogP contribution in [0, 0.1) is 6.92 Å². The van der Waals surface area contributed by atoms with Crippen molar-refractivity contribution >= 4 is 23.2 Å². The van der Waals surface area contributed by atoms with E-state index < -0.39 is 5.60 Å². The van der Waals surface area contributed by atoms with Crippen LogP contribution in [0.5, 0.6) is 0 Å². The molecule has 1 aromatic rings. The van der Waals surface area contributed by atoms with Crippen molar-refractivity contribution in [1.29, 1.82) is 0 Å². The fraction of sp³-hybridized carbons (Fsp3) is 0.636. The van der Waals surface area contributed by atoms with Gasteiger partial charge in [-0.2, -0.15) is 0 Å². The summed E-state index contributed by atoms with van der Waals surface area (Å²) in [6, 6.07) is 0. The van der Waals surface area contributed by atoms with Crippen molar-refractivity contribution in [3.05, 3.63) is 21.7 Å². The average Bonchev–Trinajstić information content (AvgIpc) is 2.25. The quantitative estimate of drug-likeness (QED) is 0.776. The number of nitrogens with zero attached hydrogens (tertiary/aromatic N) is 2. The molecular formula is C11H16Cl2N2O. The highest BCUT2D eigenvalue weighted by atomic mass is 35.5. The second-order valence-electron chi connectivity index (χ2n) is 3.77. The van der Waals surface area contributed by atoms with Crippen molar-refractivity contribution in [2.45, 2.75) is 39.7 Å². The summed E-state index contributed by atoms with van der Waals surface area (Å²) in [6.07, 6.45) is 0.760. The summed E-state index contributed by atoms with van der Waals surface area (Å²) in [5.41, 5.74) is 0.164. The van der Waals surface area contributed by atoms with Crippen LogP contribution >= 0.6 is 23.2 Å². The minimum absolute atomic E-state index is 0.384. The summed E-state index contributed by atoms with van der Waals surface area (Å²) >= 11 is 12.0. The van der Waals surface area contributed by atoms with E-state index in [2.05, 4.69) is 9.97 Å². The zero-order valence-electron chi connectivity index (χ0n) is 9.97. The molecule has 90 valence electrons. The zero-order valence-corrected chi connectivity index (χ0v) is 11.5. The predicted octanol–water partition coefficient (Wildman–Crippen LogP) is 3.75. The van der Waals surface area contributed by atoms with Crippen molar-refractivity contribution in [2.24, 2.45) is 0 Å². The van der Waals surface area contributed by atoms with Gasteiger partial charge in [-0.3, -0.25) is 0 Å². The molecule has 3 nitrogen and oxygen atoms in total. The van der Waals surface area contributed by atoms with Crippen molar-refractivity contribution in [3.8, 4) is 0 Å². The van der Waals surface area contributed by atoms with E-state index in [1.54, 1.807) is 6.92 Å². The minimum atomic E-state index is -0.532. The molecule has 0 spiro atoms. The summed E-state index contributed by atoms with van der Waals surface area (Å²) in [5.74, 6) is 0.539. The smallest absolute Gasteiger partial charge is 0.163 e. The van der Waals surface area contributed by atoms with Crippen LogP contribution < -0.4 is 0 Å². The molecule has 0 bridgehead atoms. The van der Waals surface area contributed by atoms with Gasteiger partial charge in [0.15, 0.2) is 5.82 Å². The third kappa shape index (κ3) is 2.65. The Bertz CT molecular complexity index is 361. The van der Waals surface area contributed by atoms with Gasteiger partial charge in [0.2, 0.25) is 0 Å². The Hall–Kier alpha value is -0.380. The van der Waals surface area contributed by atoms with Gasteiger partial charge < -0.3 is 4.74 Å². The van der Waals surface area contributed by atoms with Crippen LogP contribution in [0.25, 0.3) is 0 Å². The van der Waals surface area contributed by atoms with Gasteiger partial charge in [-0.05, 0) is 27.2 Å². The Morgan fingerprint density at radius 3 is 2.06 bits per heavy atom. The molecule has 0 N–H and O–H groups in total. The minimum Gasteiger partial charge on any atom is -0.368 e. The monoisotopic (exact) mass is 262 g/mol. The van der Waals surface area contributed by atoms with E-state index in [-0.39, 0.29) is 0 Å². The standard InChI is InChI=1S/C11H16Cl2N2O/c1-5-11(4,16-6-2)10-14-8(12)7(3)9(13)15-10/h5-6H2,1-4H3. The van der Waals surface area contributed by atoms with Gasteiger partial charge in [-0.1, -0.05) is 30.1 Å². The summed E-state index contributed by atoms with van der Waals surface area (Å²) < 4.78 is 5.67. The molecule has 1 rings (SSSR count). The number of aromatic nitrogens is 2. The van der Waals surface area contributed by atoms with Crippen LogP contribution in [0.2, 0.25) is 10.3 Å². The molecule has 0 radical (unpaired) electrons. The first-order valence-electron chi connectivity index (χ1n) is 5.28. The Morgan fingerprint density at radius 2 is 1.69 bits per heavy atom. The van der Waals surface area contributed by atoms with Gasteiger partial charge in [0.25, 0.3) is 0 Å². The maximum Gasteiger partial charge on any atom is 0.163 e. The summed E-state index contributed by atoms with van der Waals surface area (Å²) in [6.45, 7) is 8.27. The van der Waals surface area contributed by atoms with E-state index in [9.17, 15) is 0 Å². The van der Waals surface area contributed by atoms with Gasteiger partial charge in [0, 0.05) is 12.2 Å². The third-order valence-corrected chi connectivity index (χ3v) is 3.37. The highest BCUT2D eigenvalue weighted by Crippen LogP contribution is 2.29. The van der Waals surface area contributed by atoms with E-state index in [1.807, 2.05) is 20.8 Å². The molecular weight excluding hydrogens is 247 g/mol. The predicted molar refractivity (Wildman–Crippen MR) is 66.1 cm³/mol. The second-order valence-corrected chi connectivity index (χ2v) is 4.49. The van der Waals surface area contributed by atoms with Crippen molar-refractivity contribution in [2.75, 3.05) is 6.61 Å². The second kappa shape index (κ2) is 5.30. The fourth-order valence-corrected chi connectivity index (χ4v) is 1.73. The van der Waals surface area contributed by atoms with Gasteiger partial charge in [0.1, 0.15) is 15.9 Å². The summed E-state index contributed by atoms with van der Waals surface area (Å²) in [5, 5.41) is 0.767. The molecule has 1 heterocycles. The first-order valence-corrected chi connectivity index (χ1v) is 6.04. The van der Waals surface area contributed by atoms with Crippen molar-refractivity contribution < 1.29 is 4.74 Å². The van der Waals surface area contributed by atoms with Crippen LogP contribution in [-0.4, -0.2) is 16.6 Å². The van der Waals surface area contributed by atoms with Crippen LogP contribution in [0.3, 0.4) is 0 Å². The van der Waals surface area contributed by atoms with E-state index in [1.165, 1.54) is 0 Å². The number of rotatable bonds is 4. The van der Waals surface area contributed by atoms with Crippen LogP contribution in [0.4, 0.5) is 0 Å².